The van der Waals surface area contributed by atoms with Crippen LogP contribution in [0.25, 0.3) is 0 Å². The molecule has 0 aliphatic rings. The van der Waals surface area contributed by atoms with Crippen molar-refractivity contribution in [1.29, 1.82) is 0 Å². The smallest absolute Gasteiger partial charge is 0.545 e. The third kappa shape index (κ3) is 26.8. The van der Waals surface area contributed by atoms with E-state index in [1.54, 1.807) is 0 Å². The molecule has 248 valence electrons. The zero-order valence-corrected chi connectivity index (χ0v) is 47.8. The van der Waals surface area contributed by atoms with E-state index < -0.39 is 47.8 Å². The van der Waals surface area contributed by atoms with Gasteiger partial charge in [0, 0.05) is 44.5 Å². The Morgan fingerprint density at radius 3 is 0.339 bits per heavy atom. The average Bonchev–Trinajstić information content (AvgIpc) is 3.05. The number of hydrogen-bond donors (Lipinski definition) is 0. The molecule has 0 spiro atoms. The predicted octanol–water partition coefficient (Wildman–Crippen LogP) is -30.3. The first kappa shape index (κ1) is 74.1. The summed E-state index contributed by atoms with van der Waals surface area (Å²) in [5.41, 5.74) is -2.91. The second-order valence-corrected chi connectivity index (χ2v) is 8.48. The molecule has 16 nitrogen and oxygen atoms in total. The van der Waals surface area contributed by atoms with Crippen molar-refractivity contribution < 1.29 is 316 Å². The van der Waals surface area contributed by atoms with Crippen LogP contribution < -0.4 is 277 Å². The van der Waals surface area contributed by atoms with Gasteiger partial charge < -0.3 is 79.2 Å². The number of rotatable bonds is 8. The Labute approximate surface area is 495 Å². The minimum absolute atomic E-state index is 0. The van der Waals surface area contributed by atoms with Crippen LogP contribution in [-0.4, -0.2) is 47.8 Å². The normalized spacial score (nSPS) is 8.00. The summed E-state index contributed by atoms with van der Waals surface area (Å²) in [5.74, 6) is -12.1. The second-order valence-electron chi connectivity index (χ2n) is 8.48. The average molecular weight is 840 g/mol. The molecule has 0 radical (unpaired) electrons. The summed E-state index contributed by atoms with van der Waals surface area (Å²) in [6.07, 6.45) is 0. The van der Waals surface area contributed by atoms with Crippen LogP contribution in [0.15, 0.2) is 97.1 Å². The van der Waals surface area contributed by atoms with Gasteiger partial charge in [0.1, 0.15) is 0 Å². The summed E-state index contributed by atoms with van der Waals surface area (Å²) in [5, 5.41) is 82.6. The number of carbonyl (C=O) groups is 8. The fraction of sp³-hybridized carbons (Fsp3) is 0. The summed E-state index contributed by atoms with van der Waals surface area (Å²) in [6.45, 7) is 0. The minimum atomic E-state index is -1.52. The monoisotopic (exact) mass is 840 g/mol. The van der Waals surface area contributed by atoms with Crippen LogP contribution in [0.3, 0.4) is 0 Å². The predicted molar refractivity (Wildman–Crippen MR) is 140 cm³/mol. The molecule has 0 atom stereocenters. The van der Waals surface area contributed by atoms with E-state index in [4.69, 9.17) is 0 Å². The summed E-state index contributed by atoms with van der Waals surface area (Å²) >= 11 is 0. The summed E-state index contributed by atoms with van der Waals surface area (Å²) in [7, 11) is 0. The second kappa shape index (κ2) is 39.8. The van der Waals surface area contributed by atoms with E-state index in [1.165, 1.54) is 48.5 Å². The fourth-order valence-corrected chi connectivity index (χ4v) is 3.36. The van der Waals surface area contributed by atoms with E-state index in [1.807, 2.05) is 0 Å². The molecule has 0 N–H and O–H groups in total. The van der Waals surface area contributed by atoms with Gasteiger partial charge in [-0.05, 0) is 0 Å². The Morgan fingerprint density at radius 2 is 0.286 bits per heavy atom. The molecule has 0 fully saturated rings. The van der Waals surface area contributed by atoms with Crippen LogP contribution in [0, 0.1) is 0 Å². The van der Waals surface area contributed by atoms with Crippen molar-refractivity contribution in [2.45, 2.75) is 0 Å². The third-order valence-electron chi connectivity index (χ3n) is 5.47. The molecule has 0 aliphatic carbocycles. The number of aromatic carboxylic acids is 8. The number of carbonyl (C=O) groups excluding carboxylic acids is 8. The van der Waals surface area contributed by atoms with Crippen molar-refractivity contribution in [3.8, 4) is 0 Å². The van der Waals surface area contributed by atoms with Crippen LogP contribution in [0.1, 0.15) is 82.9 Å². The molecule has 4 rings (SSSR count). The Balaban J connectivity index is -0.0000000873. The van der Waals surface area contributed by atoms with Gasteiger partial charge in [-0.15, -0.1) is 0 Å². The molecule has 0 saturated carbocycles. The molecule has 0 heterocycles. The van der Waals surface area contributed by atoms with Gasteiger partial charge in [-0.1, -0.05) is 97.1 Å². The van der Waals surface area contributed by atoms with Gasteiger partial charge >= 0.3 is 236 Å². The standard InChI is InChI=1S/4C8H6O4.8Na/c4*9-7(10)5-3-1-2-4-6(5)8(11)12;;;;;;;;/h4*1-4H,(H,9,10)(H,11,12);;;;;;;;/q;;;;8*+1/p-8. The Hall–Kier alpha value is 0.640. The van der Waals surface area contributed by atoms with Crippen molar-refractivity contribution in [3.05, 3.63) is 142 Å². The zero-order valence-electron chi connectivity index (χ0n) is 31.8. The first-order chi connectivity index (χ1) is 22.5. The molecule has 24 heteroatoms. The van der Waals surface area contributed by atoms with Gasteiger partial charge in [0.2, 0.25) is 0 Å². The van der Waals surface area contributed by atoms with E-state index in [-0.39, 0.29) is 281 Å². The van der Waals surface area contributed by atoms with Gasteiger partial charge in [-0.2, -0.15) is 0 Å². The van der Waals surface area contributed by atoms with Crippen LogP contribution >= 0.6 is 0 Å². The number of hydrogen-bond acceptors (Lipinski definition) is 16. The van der Waals surface area contributed by atoms with Crippen LogP contribution in [0.2, 0.25) is 0 Å². The molecule has 0 aromatic heterocycles. The molecule has 4 aromatic carbocycles. The molecular weight excluding hydrogens is 824 g/mol. The maximum atomic E-state index is 10.3. The van der Waals surface area contributed by atoms with Crippen LogP contribution in [-0.2, 0) is 0 Å². The SMILES string of the molecule is O=C([O-])c1ccccc1C(=O)[O-].O=C([O-])c1ccccc1C(=O)[O-].O=C([O-])c1ccccc1C(=O)[O-].O=C([O-])c1ccccc1C(=O)[O-].[Na+].[Na+].[Na+].[Na+].[Na+].[Na+].[Na+].[Na+]. The maximum absolute atomic E-state index is 10.3. The Kier molecular flexibility index (Phi) is 52.6. The topological polar surface area (TPSA) is 321 Å². The molecular formula is C32H16Na8O16. The summed E-state index contributed by atoms with van der Waals surface area (Å²) in [4.78, 5) is 82.6. The maximum Gasteiger partial charge on any atom is 1.00 e. The van der Waals surface area contributed by atoms with Crippen molar-refractivity contribution in [3.63, 3.8) is 0 Å². The number of benzene rings is 4. The molecule has 56 heavy (non-hydrogen) atoms. The van der Waals surface area contributed by atoms with Crippen molar-refractivity contribution >= 4 is 47.8 Å². The molecule has 0 bridgehead atoms. The Bertz CT molecular complexity index is 1490. The zero-order chi connectivity index (χ0) is 36.6. The van der Waals surface area contributed by atoms with E-state index in [0.29, 0.717) is 0 Å². The minimum Gasteiger partial charge on any atom is -0.545 e. The summed E-state index contributed by atoms with van der Waals surface area (Å²) in [6, 6.07) is 20.5. The van der Waals surface area contributed by atoms with E-state index in [9.17, 15) is 79.2 Å². The van der Waals surface area contributed by atoms with Crippen molar-refractivity contribution in [1.82, 2.24) is 0 Å². The largest absolute Gasteiger partial charge is 1.00 e. The van der Waals surface area contributed by atoms with E-state index in [2.05, 4.69) is 0 Å². The number of carboxylic acids is 8. The van der Waals surface area contributed by atoms with E-state index in [0.717, 1.165) is 48.5 Å². The van der Waals surface area contributed by atoms with Crippen LogP contribution in [0.5, 0.6) is 0 Å². The van der Waals surface area contributed by atoms with Gasteiger partial charge in [0.25, 0.3) is 0 Å². The fourth-order valence-electron chi connectivity index (χ4n) is 3.36. The van der Waals surface area contributed by atoms with Gasteiger partial charge in [0.15, 0.2) is 0 Å². The molecule has 0 saturated heterocycles. The third-order valence-corrected chi connectivity index (χ3v) is 5.47. The first-order valence-corrected chi connectivity index (χ1v) is 12.6. The van der Waals surface area contributed by atoms with Gasteiger partial charge in [-0.25, -0.2) is 0 Å². The van der Waals surface area contributed by atoms with Crippen molar-refractivity contribution in [2.75, 3.05) is 0 Å². The molecule has 0 aliphatic heterocycles. The molecule has 4 aromatic rings. The van der Waals surface area contributed by atoms with Crippen LogP contribution in [0.4, 0.5) is 0 Å². The van der Waals surface area contributed by atoms with Gasteiger partial charge in [0.05, 0.1) is 47.8 Å². The van der Waals surface area contributed by atoms with Crippen molar-refractivity contribution in [2.24, 2.45) is 0 Å². The first-order valence-electron chi connectivity index (χ1n) is 12.6. The van der Waals surface area contributed by atoms with E-state index >= 15 is 0 Å². The summed E-state index contributed by atoms with van der Waals surface area (Å²) < 4.78 is 0. The molecule has 0 unspecified atom stereocenters. The number of carboxylic acid groups (broad SMARTS) is 8. The Morgan fingerprint density at radius 1 is 0.214 bits per heavy atom. The molecule has 0 amide bonds. The van der Waals surface area contributed by atoms with Gasteiger partial charge in [-0.3, -0.25) is 0 Å². The quantitative estimate of drug-likeness (QED) is 0.149.